The minimum Gasteiger partial charge on any atom is -0.480 e. The highest BCUT2D eigenvalue weighted by molar-refractivity contribution is 6.37. The van der Waals surface area contributed by atoms with Crippen LogP contribution in [0.15, 0.2) is 46.0 Å². The van der Waals surface area contributed by atoms with Gasteiger partial charge in [-0.05, 0) is 50.8 Å². The normalized spacial score (nSPS) is 19.5. The zero-order chi connectivity index (χ0) is 24.0. The van der Waals surface area contributed by atoms with Crippen LogP contribution in [0.4, 0.5) is 4.39 Å². The van der Waals surface area contributed by atoms with Crippen molar-refractivity contribution < 1.29 is 18.8 Å². The minimum atomic E-state index is -1.25. The molecule has 4 aromatic rings. The molecule has 0 amide bonds. The van der Waals surface area contributed by atoms with Crippen LogP contribution in [0.5, 0.6) is 0 Å². The lowest BCUT2D eigenvalue weighted by Gasteiger charge is -2.33. The third kappa shape index (κ3) is 3.74. The molecule has 0 saturated heterocycles. The molecule has 1 aromatic carbocycles. The average Bonchev–Trinajstić information content (AvgIpc) is 3.20. The summed E-state index contributed by atoms with van der Waals surface area (Å²) in [6.07, 6.45) is 5.19. The zero-order valence-corrected chi connectivity index (χ0v) is 19.1. The molecule has 176 valence electrons. The van der Waals surface area contributed by atoms with Crippen molar-refractivity contribution in [3.63, 3.8) is 0 Å². The summed E-state index contributed by atoms with van der Waals surface area (Å²) in [6.45, 7) is 1.69. The van der Waals surface area contributed by atoms with Gasteiger partial charge < -0.3 is 14.2 Å². The van der Waals surface area contributed by atoms with Gasteiger partial charge in [0.25, 0.3) is 5.56 Å². The van der Waals surface area contributed by atoms with Gasteiger partial charge in [0.2, 0.25) is 0 Å². The van der Waals surface area contributed by atoms with Gasteiger partial charge in [-0.25, -0.2) is 4.39 Å². The fourth-order valence-electron chi connectivity index (χ4n) is 5.02. The molecule has 1 aliphatic rings. The van der Waals surface area contributed by atoms with Crippen molar-refractivity contribution in [3.8, 4) is 0 Å². The summed E-state index contributed by atoms with van der Waals surface area (Å²) in [5.41, 5.74) is 0.843. The molecule has 2 N–H and O–H groups in total. The van der Waals surface area contributed by atoms with E-state index in [0.717, 1.165) is 18.9 Å². The topological polar surface area (TPSA) is 110 Å². The number of benzene rings is 1. The van der Waals surface area contributed by atoms with Crippen molar-refractivity contribution in [1.82, 2.24) is 20.0 Å². The van der Waals surface area contributed by atoms with Crippen LogP contribution in [0.2, 0.25) is 5.02 Å². The molecule has 10 heteroatoms. The summed E-state index contributed by atoms with van der Waals surface area (Å²) in [7, 11) is 0. The first-order valence-corrected chi connectivity index (χ1v) is 11.4. The average molecular weight is 485 g/mol. The maximum Gasteiger partial charge on any atom is 0.325 e. The Kier molecular flexibility index (Phi) is 5.83. The van der Waals surface area contributed by atoms with E-state index in [-0.39, 0.29) is 23.2 Å². The number of nitrogens with zero attached hydrogens (tertiary/aromatic N) is 3. The van der Waals surface area contributed by atoms with E-state index in [9.17, 15) is 19.1 Å². The summed E-state index contributed by atoms with van der Waals surface area (Å²) in [5.74, 6) is -1.41. The van der Waals surface area contributed by atoms with Crippen LogP contribution >= 0.6 is 11.6 Å². The number of nitrogens with one attached hydrogen (secondary N) is 1. The monoisotopic (exact) mass is 484 g/mol. The highest BCUT2D eigenvalue weighted by atomic mass is 35.5. The lowest BCUT2D eigenvalue weighted by Crippen LogP contribution is -2.42. The van der Waals surface area contributed by atoms with Crippen LogP contribution < -0.4 is 10.9 Å². The molecule has 0 spiro atoms. The molecular weight excluding hydrogens is 463 g/mol. The Bertz CT molecular complexity index is 1470. The number of rotatable bonds is 5. The second-order valence-electron chi connectivity index (χ2n) is 8.62. The van der Waals surface area contributed by atoms with Crippen molar-refractivity contribution in [3.05, 3.63) is 69.2 Å². The van der Waals surface area contributed by atoms with E-state index >= 15 is 0 Å². The molecule has 34 heavy (non-hydrogen) atoms. The quantitative estimate of drug-likeness (QED) is 0.428. The largest absolute Gasteiger partial charge is 0.480 e. The van der Waals surface area contributed by atoms with Gasteiger partial charge in [0.1, 0.15) is 28.5 Å². The summed E-state index contributed by atoms with van der Waals surface area (Å²) in [4.78, 5) is 29.4. The Morgan fingerprint density at radius 1 is 1.32 bits per heavy atom. The molecule has 1 fully saturated rings. The molecular formula is C24H22ClFN4O4. The lowest BCUT2D eigenvalue weighted by molar-refractivity contribution is -0.140. The van der Waals surface area contributed by atoms with E-state index in [1.54, 1.807) is 23.6 Å². The number of pyridine rings is 2. The smallest absolute Gasteiger partial charge is 0.325 e. The standard InChI is InChI=1S/C24H22ClFN4O4/c1-12-19-22(29-34-12)20-16(25)6-3-7-18(20)30(23(19)31)14-5-2-4-13(10-14)28-21(24(32)33)15-11-27-9-8-17(15)26/h3,6-9,11,13-14,21,28H,2,4-5,10H2,1H3,(H,32,33)/t13?,14-,21+/m0/s1. The molecule has 1 aliphatic carbocycles. The lowest BCUT2D eigenvalue weighted by atomic mass is 9.89. The number of aryl methyl sites for hydroxylation is 1. The van der Waals surface area contributed by atoms with E-state index in [1.807, 2.05) is 6.07 Å². The molecule has 3 atom stereocenters. The Morgan fingerprint density at radius 3 is 2.91 bits per heavy atom. The molecule has 5 rings (SSSR count). The molecule has 8 nitrogen and oxygen atoms in total. The van der Waals surface area contributed by atoms with Gasteiger partial charge in [0.15, 0.2) is 0 Å². The highest BCUT2D eigenvalue weighted by Gasteiger charge is 2.32. The van der Waals surface area contributed by atoms with Crippen molar-refractivity contribution in [2.45, 2.75) is 50.7 Å². The van der Waals surface area contributed by atoms with Gasteiger partial charge in [-0.1, -0.05) is 22.8 Å². The predicted octanol–water partition coefficient (Wildman–Crippen LogP) is 4.54. The maximum atomic E-state index is 14.3. The van der Waals surface area contributed by atoms with Gasteiger partial charge in [0.05, 0.1) is 10.5 Å². The molecule has 1 unspecified atom stereocenters. The van der Waals surface area contributed by atoms with E-state index < -0.39 is 17.8 Å². The second kappa shape index (κ2) is 8.81. The van der Waals surface area contributed by atoms with Crippen LogP contribution in [0.1, 0.15) is 49.1 Å². The molecule has 3 heterocycles. The van der Waals surface area contributed by atoms with E-state index in [4.69, 9.17) is 16.1 Å². The Hall–Kier alpha value is -3.30. The Morgan fingerprint density at radius 2 is 2.15 bits per heavy atom. The van der Waals surface area contributed by atoms with Gasteiger partial charge in [0, 0.05) is 35.4 Å². The number of hydrogen-bond acceptors (Lipinski definition) is 6. The maximum absolute atomic E-state index is 14.3. The van der Waals surface area contributed by atoms with Crippen LogP contribution in [-0.2, 0) is 4.79 Å². The number of carbonyl (C=O) groups is 1. The van der Waals surface area contributed by atoms with Crippen LogP contribution in [0.25, 0.3) is 21.8 Å². The first-order chi connectivity index (χ1) is 16.4. The van der Waals surface area contributed by atoms with Crippen molar-refractivity contribution in [2.75, 3.05) is 0 Å². The molecule has 0 aliphatic heterocycles. The number of fused-ring (bicyclic) bond motifs is 3. The first-order valence-electron chi connectivity index (χ1n) is 11.0. The van der Waals surface area contributed by atoms with E-state index in [0.29, 0.717) is 45.4 Å². The number of aliphatic carboxylic acids is 1. The Labute approximate surface area is 198 Å². The number of carboxylic acids is 1. The van der Waals surface area contributed by atoms with Crippen molar-refractivity contribution >= 4 is 39.4 Å². The minimum absolute atomic E-state index is 0.0203. The summed E-state index contributed by atoms with van der Waals surface area (Å²) < 4.78 is 21.3. The number of carboxylic acid groups (broad SMARTS) is 1. The van der Waals surface area contributed by atoms with Gasteiger partial charge in [-0.15, -0.1) is 0 Å². The third-order valence-corrected chi connectivity index (χ3v) is 6.87. The Balaban J connectivity index is 1.55. The van der Waals surface area contributed by atoms with E-state index in [1.165, 1.54) is 12.4 Å². The summed E-state index contributed by atoms with van der Waals surface area (Å²) in [6, 6.07) is 4.78. The first kappa shape index (κ1) is 22.5. The van der Waals surface area contributed by atoms with Crippen LogP contribution in [0.3, 0.4) is 0 Å². The fourth-order valence-corrected chi connectivity index (χ4v) is 5.28. The van der Waals surface area contributed by atoms with Gasteiger partial charge in [-0.3, -0.25) is 19.9 Å². The van der Waals surface area contributed by atoms with Gasteiger partial charge >= 0.3 is 5.97 Å². The summed E-state index contributed by atoms with van der Waals surface area (Å²) in [5, 5.41) is 18.4. The molecule has 0 radical (unpaired) electrons. The number of hydrogen-bond donors (Lipinski definition) is 2. The summed E-state index contributed by atoms with van der Waals surface area (Å²) >= 11 is 6.51. The third-order valence-electron chi connectivity index (χ3n) is 6.55. The van der Waals surface area contributed by atoms with Crippen LogP contribution in [-0.4, -0.2) is 31.8 Å². The van der Waals surface area contributed by atoms with Crippen molar-refractivity contribution in [1.29, 1.82) is 0 Å². The number of halogens is 2. The molecule has 0 bridgehead atoms. The zero-order valence-electron chi connectivity index (χ0n) is 18.3. The highest BCUT2D eigenvalue weighted by Crippen LogP contribution is 2.36. The fraction of sp³-hybridized carbons (Fsp3) is 0.333. The number of aromatic nitrogens is 3. The molecule has 3 aromatic heterocycles. The van der Waals surface area contributed by atoms with Crippen LogP contribution in [0, 0.1) is 12.7 Å². The second-order valence-corrected chi connectivity index (χ2v) is 9.03. The molecule has 1 saturated carbocycles. The van der Waals surface area contributed by atoms with Gasteiger partial charge in [-0.2, -0.15) is 0 Å². The van der Waals surface area contributed by atoms with E-state index in [2.05, 4.69) is 15.5 Å². The SMILES string of the molecule is Cc1onc2c1c(=O)n([C@H]1CCCC(N[C@@H](C(=O)O)c3cnccc3F)C1)c1cccc(Cl)c21. The predicted molar refractivity (Wildman–Crippen MR) is 125 cm³/mol. The van der Waals surface area contributed by atoms with Crippen molar-refractivity contribution in [2.24, 2.45) is 0 Å².